The summed E-state index contributed by atoms with van der Waals surface area (Å²) in [5, 5.41) is 0. The lowest BCUT2D eigenvalue weighted by atomic mass is 10.1. The zero-order chi connectivity index (χ0) is 14.4. The minimum absolute atomic E-state index is 0.157. The molecule has 0 fully saturated rings. The van der Waals surface area contributed by atoms with Crippen molar-refractivity contribution in [3.63, 3.8) is 0 Å². The maximum atomic E-state index is 12.0. The monoisotopic (exact) mass is 269 g/mol. The summed E-state index contributed by atoms with van der Waals surface area (Å²) in [6, 6.07) is 10.7. The Kier molecular flexibility index (Phi) is 4.50. The number of ketones is 1. The number of rotatable bonds is 5. The van der Waals surface area contributed by atoms with Gasteiger partial charge in [-0.15, -0.1) is 0 Å². The second kappa shape index (κ2) is 6.52. The molecule has 0 aliphatic rings. The molecule has 0 aliphatic carbocycles. The molecule has 1 aromatic heterocycles. The number of aromatic nitrogens is 1. The Morgan fingerprint density at radius 3 is 2.60 bits per heavy atom. The van der Waals surface area contributed by atoms with Crippen molar-refractivity contribution in [1.29, 1.82) is 0 Å². The molecule has 0 amide bonds. The standard InChI is InChI=1S/C16H15NO3/c1-19-15-8-5-6-12(16(15)20-2)9-10-14(18)13-7-3-4-11-17-13/h3-11H,1-2H3. The summed E-state index contributed by atoms with van der Waals surface area (Å²) in [5.74, 6) is 1.07. The number of carbonyl (C=O) groups is 1. The summed E-state index contributed by atoms with van der Waals surface area (Å²) in [5.41, 5.74) is 1.18. The molecule has 0 aliphatic heterocycles. The molecule has 20 heavy (non-hydrogen) atoms. The molecule has 0 atom stereocenters. The van der Waals surface area contributed by atoms with Crippen molar-refractivity contribution < 1.29 is 14.3 Å². The van der Waals surface area contributed by atoms with E-state index < -0.39 is 0 Å². The number of allylic oxidation sites excluding steroid dienone is 1. The van der Waals surface area contributed by atoms with Crippen LogP contribution in [0.5, 0.6) is 11.5 Å². The number of hydrogen-bond acceptors (Lipinski definition) is 4. The molecule has 0 spiro atoms. The molecular formula is C16H15NO3. The van der Waals surface area contributed by atoms with Crippen LogP contribution in [-0.2, 0) is 0 Å². The predicted octanol–water partition coefficient (Wildman–Crippen LogP) is 2.99. The molecule has 1 aromatic carbocycles. The fraction of sp³-hybridized carbons (Fsp3) is 0.125. The molecular weight excluding hydrogens is 254 g/mol. The Morgan fingerprint density at radius 1 is 1.10 bits per heavy atom. The van der Waals surface area contributed by atoms with Crippen LogP contribution in [0, 0.1) is 0 Å². The van der Waals surface area contributed by atoms with E-state index in [1.807, 2.05) is 12.1 Å². The molecule has 0 radical (unpaired) electrons. The lowest BCUT2D eigenvalue weighted by Gasteiger charge is -2.09. The minimum Gasteiger partial charge on any atom is -0.493 e. The molecule has 0 saturated heterocycles. The van der Waals surface area contributed by atoms with Crippen molar-refractivity contribution in [1.82, 2.24) is 4.98 Å². The highest BCUT2D eigenvalue weighted by Gasteiger charge is 2.08. The van der Waals surface area contributed by atoms with Crippen LogP contribution in [0.25, 0.3) is 6.08 Å². The number of pyridine rings is 1. The minimum atomic E-state index is -0.157. The lowest BCUT2D eigenvalue weighted by Crippen LogP contribution is -1.97. The third-order valence-corrected chi connectivity index (χ3v) is 2.77. The fourth-order valence-corrected chi connectivity index (χ4v) is 1.80. The summed E-state index contributed by atoms with van der Waals surface area (Å²) in [6.45, 7) is 0. The van der Waals surface area contributed by atoms with Gasteiger partial charge in [0.25, 0.3) is 0 Å². The van der Waals surface area contributed by atoms with E-state index in [2.05, 4.69) is 4.98 Å². The van der Waals surface area contributed by atoms with Crippen LogP contribution in [0.1, 0.15) is 16.1 Å². The molecule has 102 valence electrons. The van der Waals surface area contributed by atoms with Gasteiger partial charge in [0.2, 0.25) is 5.78 Å². The van der Waals surface area contributed by atoms with E-state index in [1.54, 1.807) is 50.8 Å². The SMILES string of the molecule is COc1cccc(C=CC(=O)c2ccccn2)c1OC. The first kappa shape index (κ1) is 13.8. The first-order valence-electron chi connectivity index (χ1n) is 6.10. The van der Waals surface area contributed by atoms with Crippen LogP contribution in [0.3, 0.4) is 0 Å². The van der Waals surface area contributed by atoms with E-state index in [9.17, 15) is 4.79 Å². The smallest absolute Gasteiger partial charge is 0.204 e. The molecule has 0 bridgehead atoms. The van der Waals surface area contributed by atoms with Gasteiger partial charge in [-0.05, 0) is 30.4 Å². The zero-order valence-corrected chi connectivity index (χ0v) is 11.4. The van der Waals surface area contributed by atoms with Gasteiger partial charge < -0.3 is 9.47 Å². The molecule has 4 heteroatoms. The molecule has 0 unspecified atom stereocenters. The third kappa shape index (κ3) is 3.03. The largest absolute Gasteiger partial charge is 0.493 e. The average molecular weight is 269 g/mol. The van der Waals surface area contributed by atoms with Crippen LogP contribution in [0.15, 0.2) is 48.7 Å². The summed E-state index contributed by atoms with van der Waals surface area (Å²) in [7, 11) is 3.14. The van der Waals surface area contributed by atoms with E-state index in [4.69, 9.17) is 9.47 Å². The maximum Gasteiger partial charge on any atom is 0.204 e. The van der Waals surface area contributed by atoms with E-state index in [-0.39, 0.29) is 5.78 Å². The molecule has 0 N–H and O–H groups in total. The summed E-state index contributed by atoms with van der Waals surface area (Å²) < 4.78 is 10.5. The molecule has 1 heterocycles. The summed E-state index contributed by atoms with van der Waals surface area (Å²) in [6.07, 6.45) is 4.76. The maximum absolute atomic E-state index is 12.0. The third-order valence-electron chi connectivity index (χ3n) is 2.77. The first-order chi connectivity index (χ1) is 9.76. The predicted molar refractivity (Wildman–Crippen MR) is 77.1 cm³/mol. The van der Waals surface area contributed by atoms with Gasteiger partial charge in [-0.25, -0.2) is 0 Å². The van der Waals surface area contributed by atoms with E-state index in [0.29, 0.717) is 17.2 Å². The number of hydrogen-bond donors (Lipinski definition) is 0. The zero-order valence-electron chi connectivity index (χ0n) is 11.4. The van der Waals surface area contributed by atoms with Gasteiger partial charge >= 0.3 is 0 Å². The van der Waals surface area contributed by atoms with E-state index in [0.717, 1.165) is 5.56 Å². The van der Waals surface area contributed by atoms with Crippen molar-refractivity contribution in [3.05, 3.63) is 59.9 Å². The van der Waals surface area contributed by atoms with Crippen molar-refractivity contribution in [2.45, 2.75) is 0 Å². The Labute approximate surface area is 117 Å². The summed E-state index contributed by atoms with van der Waals surface area (Å²) in [4.78, 5) is 16.0. The van der Waals surface area contributed by atoms with E-state index in [1.165, 1.54) is 6.08 Å². The second-order valence-corrected chi connectivity index (χ2v) is 4.00. The average Bonchev–Trinajstić information content (AvgIpc) is 2.52. The van der Waals surface area contributed by atoms with Crippen molar-refractivity contribution >= 4 is 11.9 Å². The van der Waals surface area contributed by atoms with Crippen molar-refractivity contribution in [2.75, 3.05) is 14.2 Å². The van der Waals surface area contributed by atoms with Crippen molar-refractivity contribution in [3.8, 4) is 11.5 Å². The van der Waals surface area contributed by atoms with Crippen molar-refractivity contribution in [2.24, 2.45) is 0 Å². The van der Waals surface area contributed by atoms with Crippen LogP contribution >= 0.6 is 0 Å². The Hall–Kier alpha value is -2.62. The number of ether oxygens (including phenoxy) is 2. The molecule has 2 rings (SSSR count). The normalized spacial score (nSPS) is 10.5. The summed E-state index contributed by atoms with van der Waals surface area (Å²) >= 11 is 0. The van der Waals surface area contributed by atoms with Crippen LogP contribution in [0.2, 0.25) is 0 Å². The number of nitrogens with zero attached hydrogens (tertiary/aromatic N) is 1. The van der Waals surface area contributed by atoms with Gasteiger partial charge in [-0.3, -0.25) is 9.78 Å². The second-order valence-electron chi connectivity index (χ2n) is 4.00. The van der Waals surface area contributed by atoms with Crippen LogP contribution < -0.4 is 9.47 Å². The molecule has 0 saturated carbocycles. The van der Waals surface area contributed by atoms with E-state index >= 15 is 0 Å². The Balaban J connectivity index is 2.26. The van der Waals surface area contributed by atoms with Gasteiger partial charge in [0.1, 0.15) is 5.69 Å². The Bertz CT molecular complexity index is 621. The Morgan fingerprint density at radius 2 is 1.95 bits per heavy atom. The highest BCUT2D eigenvalue weighted by molar-refractivity contribution is 6.05. The quantitative estimate of drug-likeness (QED) is 0.618. The highest BCUT2D eigenvalue weighted by Crippen LogP contribution is 2.31. The number of methoxy groups -OCH3 is 2. The van der Waals surface area contributed by atoms with Gasteiger partial charge in [-0.2, -0.15) is 0 Å². The molecule has 4 nitrogen and oxygen atoms in total. The first-order valence-corrected chi connectivity index (χ1v) is 6.10. The fourth-order valence-electron chi connectivity index (χ4n) is 1.80. The topological polar surface area (TPSA) is 48.4 Å². The number of para-hydroxylation sites is 1. The van der Waals surface area contributed by atoms with Crippen LogP contribution in [0.4, 0.5) is 0 Å². The highest BCUT2D eigenvalue weighted by atomic mass is 16.5. The van der Waals surface area contributed by atoms with Gasteiger partial charge in [0.15, 0.2) is 11.5 Å². The van der Waals surface area contributed by atoms with Gasteiger partial charge in [-0.1, -0.05) is 18.2 Å². The number of carbonyl (C=O) groups excluding carboxylic acids is 1. The lowest BCUT2D eigenvalue weighted by molar-refractivity contribution is 0.104. The molecule has 2 aromatic rings. The van der Waals surface area contributed by atoms with Gasteiger partial charge in [0.05, 0.1) is 14.2 Å². The number of benzene rings is 1. The van der Waals surface area contributed by atoms with Crippen LogP contribution in [-0.4, -0.2) is 25.0 Å². The van der Waals surface area contributed by atoms with Gasteiger partial charge in [0, 0.05) is 11.8 Å².